The standard InChI is InChI=1S/C18H15N3O5/c22-14-9-12-5-2-1-4-11(12)8-13(14)17(24)21-20-16(23)10-19-18(25)15-6-3-7-26-15/h1-9,22H,10H2,(H,19,25)(H,20,23)(H,21,24). The van der Waals surface area contributed by atoms with Gasteiger partial charge in [0.05, 0.1) is 18.4 Å². The van der Waals surface area contributed by atoms with Crippen LogP contribution in [0.2, 0.25) is 0 Å². The molecule has 0 aliphatic carbocycles. The predicted molar refractivity (Wildman–Crippen MR) is 92.3 cm³/mol. The van der Waals surface area contributed by atoms with Crippen LogP contribution >= 0.6 is 0 Å². The molecule has 0 saturated carbocycles. The maximum atomic E-state index is 12.2. The smallest absolute Gasteiger partial charge is 0.287 e. The highest BCUT2D eigenvalue weighted by atomic mass is 16.3. The van der Waals surface area contributed by atoms with Gasteiger partial charge in [0.25, 0.3) is 17.7 Å². The number of aromatic hydroxyl groups is 1. The molecule has 0 fully saturated rings. The lowest BCUT2D eigenvalue weighted by molar-refractivity contribution is -0.120. The van der Waals surface area contributed by atoms with E-state index in [1.54, 1.807) is 18.2 Å². The van der Waals surface area contributed by atoms with Crippen molar-refractivity contribution in [3.05, 3.63) is 66.1 Å². The number of hydrogen-bond acceptors (Lipinski definition) is 5. The molecule has 0 aliphatic heterocycles. The number of fused-ring (bicyclic) bond motifs is 1. The molecule has 8 heteroatoms. The van der Waals surface area contributed by atoms with Gasteiger partial charge in [0.2, 0.25) is 0 Å². The fourth-order valence-electron chi connectivity index (χ4n) is 2.30. The topological polar surface area (TPSA) is 121 Å². The molecule has 0 unspecified atom stereocenters. The molecule has 1 heterocycles. The summed E-state index contributed by atoms with van der Waals surface area (Å²) in [5, 5.41) is 13.9. The molecule has 0 radical (unpaired) electrons. The van der Waals surface area contributed by atoms with Gasteiger partial charge in [-0.2, -0.15) is 0 Å². The normalized spacial score (nSPS) is 10.3. The van der Waals surface area contributed by atoms with Crippen molar-refractivity contribution in [3.8, 4) is 5.75 Å². The molecule has 0 atom stereocenters. The van der Waals surface area contributed by atoms with Crippen LogP contribution in [0.15, 0.2) is 59.2 Å². The molecule has 132 valence electrons. The van der Waals surface area contributed by atoms with Crippen LogP contribution in [0.25, 0.3) is 10.8 Å². The first kappa shape index (κ1) is 17.0. The molecule has 3 aromatic rings. The van der Waals surface area contributed by atoms with Crippen molar-refractivity contribution < 1.29 is 23.9 Å². The fraction of sp³-hybridized carbons (Fsp3) is 0.0556. The maximum Gasteiger partial charge on any atom is 0.287 e. The fourth-order valence-corrected chi connectivity index (χ4v) is 2.30. The van der Waals surface area contributed by atoms with Crippen LogP contribution < -0.4 is 16.2 Å². The third-order valence-electron chi connectivity index (χ3n) is 3.58. The lowest BCUT2D eigenvalue weighted by Gasteiger charge is -2.10. The third kappa shape index (κ3) is 3.81. The zero-order chi connectivity index (χ0) is 18.5. The summed E-state index contributed by atoms with van der Waals surface area (Å²) in [6.07, 6.45) is 1.34. The highest BCUT2D eigenvalue weighted by Gasteiger charge is 2.14. The first-order chi connectivity index (χ1) is 12.5. The SMILES string of the molecule is O=C(CNC(=O)c1ccco1)NNC(=O)c1cc2ccccc2cc1O. The van der Waals surface area contributed by atoms with Crippen molar-refractivity contribution in [1.29, 1.82) is 0 Å². The third-order valence-corrected chi connectivity index (χ3v) is 3.58. The number of nitrogens with one attached hydrogen (secondary N) is 3. The van der Waals surface area contributed by atoms with Gasteiger partial charge in [-0.05, 0) is 35.0 Å². The summed E-state index contributed by atoms with van der Waals surface area (Å²) < 4.78 is 4.89. The molecule has 1 aromatic heterocycles. The Balaban J connectivity index is 1.56. The Morgan fingerprint density at radius 1 is 0.923 bits per heavy atom. The summed E-state index contributed by atoms with van der Waals surface area (Å²) >= 11 is 0. The van der Waals surface area contributed by atoms with E-state index in [0.717, 1.165) is 10.8 Å². The molecule has 8 nitrogen and oxygen atoms in total. The summed E-state index contributed by atoms with van der Waals surface area (Å²) in [5.74, 6) is -2.01. The number of phenols is 1. The molecule has 0 spiro atoms. The summed E-state index contributed by atoms with van der Waals surface area (Å²) in [7, 11) is 0. The minimum atomic E-state index is -0.682. The van der Waals surface area contributed by atoms with E-state index in [0.29, 0.717) is 0 Å². The number of carbonyl (C=O) groups excluding carboxylic acids is 3. The number of furan rings is 1. The average molecular weight is 353 g/mol. The van der Waals surface area contributed by atoms with E-state index in [1.807, 2.05) is 12.1 Å². The number of hydrogen-bond donors (Lipinski definition) is 4. The van der Waals surface area contributed by atoms with Crippen LogP contribution in [-0.4, -0.2) is 29.4 Å². The minimum absolute atomic E-state index is 0.0172. The van der Waals surface area contributed by atoms with Crippen molar-refractivity contribution in [3.63, 3.8) is 0 Å². The van der Waals surface area contributed by atoms with E-state index in [4.69, 9.17) is 4.42 Å². The second-order valence-electron chi connectivity index (χ2n) is 5.38. The summed E-state index contributed by atoms with van der Waals surface area (Å²) in [6.45, 7) is -0.358. The van der Waals surface area contributed by atoms with Crippen LogP contribution in [-0.2, 0) is 4.79 Å². The van der Waals surface area contributed by atoms with E-state index < -0.39 is 17.7 Å². The Bertz CT molecular complexity index is 966. The summed E-state index contributed by atoms with van der Waals surface area (Å²) in [4.78, 5) is 35.5. The zero-order valence-corrected chi connectivity index (χ0v) is 13.5. The van der Waals surface area contributed by atoms with Crippen LogP contribution in [0, 0.1) is 0 Å². The molecule has 0 bridgehead atoms. The van der Waals surface area contributed by atoms with E-state index in [1.165, 1.54) is 24.5 Å². The number of benzene rings is 2. The van der Waals surface area contributed by atoms with Crippen molar-refractivity contribution in [1.82, 2.24) is 16.2 Å². The molecule has 26 heavy (non-hydrogen) atoms. The van der Waals surface area contributed by atoms with Gasteiger partial charge in [0.15, 0.2) is 5.76 Å². The highest BCUT2D eigenvalue weighted by Crippen LogP contribution is 2.24. The van der Waals surface area contributed by atoms with Crippen LogP contribution in [0.1, 0.15) is 20.9 Å². The molecule has 2 aromatic carbocycles. The molecular weight excluding hydrogens is 338 g/mol. The second kappa shape index (κ2) is 7.39. The second-order valence-corrected chi connectivity index (χ2v) is 5.38. The number of carbonyl (C=O) groups is 3. The van der Waals surface area contributed by atoms with Gasteiger partial charge in [0.1, 0.15) is 5.75 Å². The van der Waals surface area contributed by atoms with E-state index in [-0.39, 0.29) is 23.6 Å². The number of hydrazine groups is 1. The first-order valence-electron chi connectivity index (χ1n) is 7.67. The molecule has 3 amide bonds. The Labute approximate surface area is 147 Å². The zero-order valence-electron chi connectivity index (χ0n) is 13.5. The first-order valence-corrected chi connectivity index (χ1v) is 7.67. The number of phenolic OH excluding ortho intramolecular Hbond substituents is 1. The van der Waals surface area contributed by atoms with E-state index >= 15 is 0 Å². The number of rotatable bonds is 4. The average Bonchev–Trinajstić information content (AvgIpc) is 3.18. The Kier molecular flexibility index (Phi) is 4.84. The van der Waals surface area contributed by atoms with Crippen LogP contribution in [0.5, 0.6) is 5.75 Å². The largest absolute Gasteiger partial charge is 0.507 e. The lowest BCUT2D eigenvalue weighted by Crippen LogP contribution is -2.46. The molecule has 4 N–H and O–H groups in total. The van der Waals surface area contributed by atoms with Gasteiger partial charge in [-0.15, -0.1) is 0 Å². The molecule has 3 rings (SSSR count). The van der Waals surface area contributed by atoms with Gasteiger partial charge in [-0.3, -0.25) is 25.2 Å². The maximum absolute atomic E-state index is 12.2. The number of amides is 3. The monoisotopic (exact) mass is 353 g/mol. The quantitative estimate of drug-likeness (QED) is 0.527. The Hall–Kier alpha value is -3.81. The Morgan fingerprint density at radius 2 is 1.65 bits per heavy atom. The van der Waals surface area contributed by atoms with Crippen molar-refractivity contribution in [2.45, 2.75) is 0 Å². The van der Waals surface area contributed by atoms with E-state index in [9.17, 15) is 19.5 Å². The molecular formula is C18H15N3O5. The Morgan fingerprint density at radius 3 is 2.35 bits per heavy atom. The van der Waals surface area contributed by atoms with Gasteiger partial charge < -0.3 is 14.8 Å². The van der Waals surface area contributed by atoms with Gasteiger partial charge in [-0.1, -0.05) is 24.3 Å². The van der Waals surface area contributed by atoms with Crippen molar-refractivity contribution >= 4 is 28.5 Å². The molecule has 0 aliphatic rings. The van der Waals surface area contributed by atoms with Crippen LogP contribution in [0.3, 0.4) is 0 Å². The van der Waals surface area contributed by atoms with Gasteiger partial charge in [0, 0.05) is 0 Å². The molecule has 0 saturated heterocycles. The van der Waals surface area contributed by atoms with Crippen molar-refractivity contribution in [2.24, 2.45) is 0 Å². The summed E-state index contributed by atoms with van der Waals surface area (Å²) in [6, 6.07) is 13.2. The van der Waals surface area contributed by atoms with E-state index in [2.05, 4.69) is 16.2 Å². The van der Waals surface area contributed by atoms with Gasteiger partial charge in [-0.25, -0.2) is 0 Å². The summed E-state index contributed by atoms with van der Waals surface area (Å²) in [5.41, 5.74) is 4.37. The predicted octanol–water partition coefficient (Wildman–Crippen LogP) is 1.33. The minimum Gasteiger partial charge on any atom is -0.507 e. The van der Waals surface area contributed by atoms with Crippen LogP contribution in [0.4, 0.5) is 0 Å². The lowest BCUT2D eigenvalue weighted by atomic mass is 10.1. The van der Waals surface area contributed by atoms with Crippen molar-refractivity contribution in [2.75, 3.05) is 6.54 Å². The highest BCUT2D eigenvalue weighted by molar-refractivity contribution is 6.02. The van der Waals surface area contributed by atoms with Gasteiger partial charge >= 0.3 is 0 Å².